The number of benzene rings is 5. The molecule has 3 heteroatoms. The van der Waals surface area contributed by atoms with Crippen LogP contribution in [0.4, 0.5) is 17.1 Å². The van der Waals surface area contributed by atoms with Gasteiger partial charge in [-0.3, -0.25) is 0 Å². The number of hydrogen-bond donors (Lipinski definition) is 0. The van der Waals surface area contributed by atoms with E-state index in [1.165, 1.54) is 59.7 Å². The van der Waals surface area contributed by atoms with Gasteiger partial charge < -0.3 is 4.90 Å². The number of nitrogens with zero attached hydrogens (tertiary/aromatic N) is 1. The van der Waals surface area contributed by atoms with E-state index in [9.17, 15) is 0 Å². The maximum atomic E-state index is 3.63. The SMILES string of the molecule is Brc1ccc(N(c2ccc(Br)cc2)c2cc3ccccc3cc2-c2ccc3c(c2)C2CCCC3CC2)cc1. The second-order valence-electron chi connectivity index (χ2n) is 10.8. The Kier molecular flexibility index (Phi) is 6.38. The smallest absolute Gasteiger partial charge is 0.0546 e. The zero-order valence-electron chi connectivity index (χ0n) is 21.2. The molecule has 8 rings (SSSR count). The van der Waals surface area contributed by atoms with E-state index < -0.39 is 0 Å². The molecule has 0 N–H and O–H groups in total. The fraction of sp³-hybridized carbons (Fsp3) is 0.200. The Morgan fingerprint density at radius 3 is 1.76 bits per heavy atom. The van der Waals surface area contributed by atoms with Gasteiger partial charge in [-0.15, -0.1) is 0 Å². The Morgan fingerprint density at radius 1 is 0.553 bits per heavy atom. The third-order valence-corrected chi connectivity index (χ3v) is 9.58. The van der Waals surface area contributed by atoms with Crippen molar-refractivity contribution in [2.45, 2.75) is 43.9 Å². The van der Waals surface area contributed by atoms with E-state index in [-0.39, 0.29) is 0 Å². The summed E-state index contributed by atoms with van der Waals surface area (Å²) in [5.74, 6) is 1.46. The molecule has 3 aliphatic rings. The van der Waals surface area contributed by atoms with E-state index in [0.717, 1.165) is 26.2 Å². The van der Waals surface area contributed by atoms with Gasteiger partial charge in [0.25, 0.3) is 0 Å². The molecule has 5 aromatic rings. The fourth-order valence-electron chi connectivity index (χ4n) is 6.64. The molecule has 1 fully saturated rings. The third-order valence-electron chi connectivity index (χ3n) is 8.52. The lowest BCUT2D eigenvalue weighted by Gasteiger charge is -2.30. The first kappa shape index (κ1) is 24.2. The predicted octanol–water partition coefficient (Wildman–Crippen LogP) is 11.6. The van der Waals surface area contributed by atoms with Crippen molar-refractivity contribution in [1.82, 2.24) is 0 Å². The number of rotatable bonds is 4. The molecule has 2 bridgehead atoms. The molecule has 1 nitrogen and oxygen atoms in total. The largest absolute Gasteiger partial charge is 0.310 e. The van der Waals surface area contributed by atoms with E-state index in [1.807, 2.05) is 0 Å². The predicted molar refractivity (Wildman–Crippen MR) is 168 cm³/mol. The van der Waals surface area contributed by atoms with Gasteiger partial charge in [-0.2, -0.15) is 0 Å². The minimum absolute atomic E-state index is 0.710. The molecular weight excluding hydrogens is 594 g/mol. The Labute approximate surface area is 241 Å². The number of fused-ring (bicyclic) bond motifs is 4. The maximum absolute atomic E-state index is 3.63. The molecule has 0 saturated heterocycles. The summed E-state index contributed by atoms with van der Waals surface area (Å²) in [6.45, 7) is 0. The molecular formula is C35H29Br2N. The second-order valence-corrected chi connectivity index (χ2v) is 12.6. The quantitative estimate of drug-likeness (QED) is 0.193. The molecule has 2 unspecified atom stereocenters. The van der Waals surface area contributed by atoms with Crippen LogP contribution in [0, 0.1) is 0 Å². The molecule has 3 aliphatic carbocycles. The normalized spacial score (nSPS) is 18.3. The molecule has 0 aromatic heterocycles. The summed E-state index contributed by atoms with van der Waals surface area (Å²) >= 11 is 7.27. The van der Waals surface area contributed by atoms with Crippen LogP contribution in [0.2, 0.25) is 0 Å². The average molecular weight is 623 g/mol. The minimum atomic E-state index is 0.710. The molecule has 0 amide bonds. The highest BCUT2D eigenvalue weighted by molar-refractivity contribution is 9.10. The highest BCUT2D eigenvalue weighted by Crippen LogP contribution is 2.49. The zero-order valence-corrected chi connectivity index (χ0v) is 24.4. The highest BCUT2D eigenvalue weighted by Gasteiger charge is 2.31. The molecule has 0 aliphatic heterocycles. The molecule has 1 saturated carbocycles. The first-order chi connectivity index (χ1) is 18.6. The van der Waals surface area contributed by atoms with Crippen LogP contribution in [0.3, 0.4) is 0 Å². The van der Waals surface area contributed by atoms with Crippen LogP contribution in [0.1, 0.15) is 55.1 Å². The summed E-state index contributed by atoms with van der Waals surface area (Å²) in [7, 11) is 0. The van der Waals surface area contributed by atoms with Crippen LogP contribution < -0.4 is 4.90 Å². The van der Waals surface area contributed by atoms with Gasteiger partial charge in [0.15, 0.2) is 0 Å². The maximum Gasteiger partial charge on any atom is 0.0546 e. The van der Waals surface area contributed by atoms with E-state index >= 15 is 0 Å². The fourth-order valence-corrected chi connectivity index (χ4v) is 7.17. The molecule has 0 spiro atoms. The minimum Gasteiger partial charge on any atom is -0.310 e. The van der Waals surface area contributed by atoms with E-state index in [1.54, 1.807) is 11.1 Å². The van der Waals surface area contributed by atoms with Gasteiger partial charge in [0, 0.05) is 25.9 Å². The van der Waals surface area contributed by atoms with Crippen molar-refractivity contribution in [2.75, 3.05) is 4.90 Å². The van der Waals surface area contributed by atoms with Crippen molar-refractivity contribution < 1.29 is 0 Å². The first-order valence-corrected chi connectivity index (χ1v) is 15.2. The van der Waals surface area contributed by atoms with Crippen LogP contribution >= 0.6 is 31.9 Å². The van der Waals surface area contributed by atoms with Gasteiger partial charge in [0.2, 0.25) is 0 Å². The van der Waals surface area contributed by atoms with Crippen molar-refractivity contribution >= 4 is 59.7 Å². The van der Waals surface area contributed by atoms with Gasteiger partial charge in [-0.05, 0) is 126 Å². The van der Waals surface area contributed by atoms with Crippen molar-refractivity contribution in [1.29, 1.82) is 0 Å². The highest BCUT2D eigenvalue weighted by atomic mass is 79.9. The van der Waals surface area contributed by atoms with Gasteiger partial charge in [0.05, 0.1) is 5.69 Å². The Morgan fingerprint density at radius 2 is 1.13 bits per heavy atom. The van der Waals surface area contributed by atoms with Crippen molar-refractivity contribution in [3.63, 3.8) is 0 Å². The lowest BCUT2D eigenvalue weighted by molar-refractivity contribution is 0.527. The molecule has 0 radical (unpaired) electrons. The molecule has 2 atom stereocenters. The topological polar surface area (TPSA) is 3.24 Å². The Balaban J connectivity index is 1.47. The summed E-state index contributed by atoms with van der Waals surface area (Å²) in [5, 5.41) is 2.52. The van der Waals surface area contributed by atoms with Gasteiger partial charge in [-0.25, -0.2) is 0 Å². The number of anilines is 3. The lowest BCUT2D eigenvalue weighted by Crippen LogP contribution is -2.12. The van der Waals surface area contributed by atoms with Crippen molar-refractivity contribution in [3.05, 3.63) is 123 Å². The van der Waals surface area contributed by atoms with Gasteiger partial charge >= 0.3 is 0 Å². The first-order valence-electron chi connectivity index (χ1n) is 13.6. The van der Waals surface area contributed by atoms with E-state index in [2.05, 4.69) is 140 Å². The summed E-state index contributed by atoms with van der Waals surface area (Å²) < 4.78 is 2.16. The molecule has 188 valence electrons. The van der Waals surface area contributed by atoms with E-state index in [4.69, 9.17) is 0 Å². The molecule has 0 heterocycles. The standard InChI is InChI=1S/C35H29Br2N/c36-28-11-15-30(16-12-28)38(31-17-13-29(37)14-18-31)35-22-26-5-2-1-4-25(26)20-34(35)27-10-19-32-23-6-3-7-24(9-8-23)33(32)21-27/h1-2,4-5,10-24H,3,6-9H2. The summed E-state index contributed by atoms with van der Waals surface area (Å²) in [6.07, 6.45) is 6.75. The number of hydrogen-bond acceptors (Lipinski definition) is 1. The van der Waals surface area contributed by atoms with Crippen LogP contribution in [0.15, 0.2) is 112 Å². The summed E-state index contributed by atoms with van der Waals surface area (Å²) in [5.41, 5.74) is 9.29. The number of halogens is 2. The monoisotopic (exact) mass is 621 g/mol. The van der Waals surface area contributed by atoms with Gasteiger partial charge in [0.1, 0.15) is 0 Å². The average Bonchev–Trinajstić information content (AvgIpc) is 3.30. The lowest BCUT2D eigenvalue weighted by atomic mass is 9.77. The van der Waals surface area contributed by atoms with Crippen LogP contribution in [-0.4, -0.2) is 0 Å². The van der Waals surface area contributed by atoms with Crippen LogP contribution in [0.25, 0.3) is 21.9 Å². The summed E-state index contributed by atoms with van der Waals surface area (Å²) in [6, 6.07) is 38.2. The molecule has 38 heavy (non-hydrogen) atoms. The van der Waals surface area contributed by atoms with Crippen LogP contribution in [-0.2, 0) is 0 Å². The summed E-state index contributed by atoms with van der Waals surface area (Å²) in [4.78, 5) is 2.40. The molecule has 5 aromatic carbocycles. The van der Waals surface area contributed by atoms with Crippen molar-refractivity contribution in [2.24, 2.45) is 0 Å². The zero-order chi connectivity index (χ0) is 25.6. The third kappa shape index (κ3) is 4.40. The Hall–Kier alpha value is -2.88. The van der Waals surface area contributed by atoms with Gasteiger partial charge in [-0.1, -0.05) is 80.7 Å². The van der Waals surface area contributed by atoms with Crippen molar-refractivity contribution in [3.8, 4) is 11.1 Å². The second kappa shape index (κ2) is 10.0. The van der Waals surface area contributed by atoms with E-state index in [0.29, 0.717) is 5.92 Å². The Bertz CT molecular complexity index is 1570. The van der Waals surface area contributed by atoms with Crippen LogP contribution in [0.5, 0.6) is 0 Å².